The summed E-state index contributed by atoms with van der Waals surface area (Å²) in [6, 6.07) is 18.9. The molecule has 3 aromatic rings. The van der Waals surface area contributed by atoms with Crippen molar-refractivity contribution in [1.29, 1.82) is 5.26 Å². The van der Waals surface area contributed by atoms with E-state index in [-0.39, 0.29) is 5.57 Å². The molecule has 0 aliphatic heterocycles. The molecule has 0 heterocycles. The van der Waals surface area contributed by atoms with E-state index in [1.165, 1.54) is 11.6 Å². The molecule has 32 heavy (non-hydrogen) atoms. The van der Waals surface area contributed by atoms with Gasteiger partial charge in [0.05, 0.1) is 8.95 Å². The maximum absolute atomic E-state index is 12.6. The van der Waals surface area contributed by atoms with Crippen LogP contribution in [-0.4, -0.2) is 5.91 Å². The summed E-state index contributed by atoms with van der Waals surface area (Å²) >= 11 is 13.2. The third kappa shape index (κ3) is 6.01. The number of ether oxygens (including phenoxy) is 1. The Labute approximate surface area is 209 Å². The van der Waals surface area contributed by atoms with Crippen molar-refractivity contribution in [1.82, 2.24) is 0 Å². The smallest absolute Gasteiger partial charge is 0.266 e. The molecule has 0 spiro atoms. The number of hydrogen-bond donors (Lipinski definition) is 1. The number of carbonyl (C=O) groups is 1. The molecule has 0 unspecified atom stereocenters. The van der Waals surface area contributed by atoms with Gasteiger partial charge in [-0.3, -0.25) is 4.79 Å². The van der Waals surface area contributed by atoms with E-state index in [0.29, 0.717) is 37.6 Å². The summed E-state index contributed by atoms with van der Waals surface area (Å²) in [5.41, 5.74) is 4.16. The molecule has 0 atom stereocenters. The molecule has 4 nitrogen and oxygen atoms in total. The van der Waals surface area contributed by atoms with Gasteiger partial charge >= 0.3 is 0 Å². The van der Waals surface area contributed by atoms with Crippen molar-refractivity contribution < 1.29 is 9.53 Å². The zero-order chi connectivity index (χ0) is 23.3. The number of aryl methyl sites for hydroxylation is 1. The molecule has 0 fully saturated rings. The molecule has 1 amide bonds. The topological polar surface area (TPSA) is 62.1 Å². The van der Waals surface area contributed by atoms with Crippen molar-refractivity contribution in [3.8, 4) is 11.8 Å². The van der Waals surface area contributed by atoms with Crippen LogP contribution < -0.4 is 10.1 Å². The molecular weight excluding hydrogens is 556 g/mol. The number of benzene rings is 3. The number of anilines is 1. The molecular formula is C25H19Br2ClN2O2. The van der Waals surface area contributed by atoms with Crippen molar-refractivity contribution in [3.05, 3.63) is 96.4 Å². The molecule has 0 bridgehead atoms. The van der Waals surface area contributed by atoms with Crippen LogP contribution in [0.3, 0.4) is 0 Å². The lowest BCUT2D eigenvalue weighted by atomic mass is 10.1. The lowest BCUT2D eigenvalue weighted by molar-refractivity contribution is -0.112. The highest BCUT2D eigenvalue weighted by atomic mass is 79.9. The van der Waals surface area contributed by atoms with Crippen LogP contribution >= 0.6 is 43.5 Å². The van der Waals surface area contributed by atoms with Crippen LogP contribution in [0.4, 0.5) is 5.69 Å². The molecule has 0 saturated carbocycles. The van der Waals surface area contributed by atoms with Gasteiger partial charge in [-0.25, -0.2) is 0 Å². The molecule has 162 valence electrons. The summed E-state index contributed by atoms with van der Waals surface area (Å²) in [4.78, 5) is 12.6. The number of rotatable bonds is 6. The predicted octanol–water partition coefficient (Wildman–Crippen LogP) is 7.61. The van der Waals surface area contributed by atoms with Gasteiger partial charge < -0.3 is 10.1 Å². The van der Waals surface area contributed by atoms with Crippen molar-refractivity contribution in [3.63, 3.8) is 0 Å². The molecule has 0 aliphatic carbocycles. The van der Waals surface area contributed by atoms with E-state index in [0.717, 1.165) is 11.1 Å². The average Bonchev–Trinajstić information content (AvgIpc) is 2.74. The van der Waals surface area contributed by atoms with Gasteiger partial charge in [-0.2, -0.15) is 5.26 Å². The van der Waals surface area contributed by atoms with Gasteiger partial charge in [-0.15, -0.1) is 0 Å². The lowest BCUT2D eigenvalue weighted by Gasteiger charge is -2.12. The van der Waals surface area contributed by atoms with Crippen molar-refractivity contribution in [2.75, 3.05) is 5.32 Å². The fraction of sp³-hybridized carbons (Fsp3) is 0.120. The predicted molar refractivity (Wildman–Crippen MR) is 136 cm³/mol. The molecule has 0 aromatic heterocycles. The Bertz CT molecular complexity index is 1230. The Balaban J connectivity index is 1.79. The summed E-state index contributed by atoms with van der Waals surface area (Å²) in [7, 11) is 0. The van der Waals surface area contributed by atoms with E-state index < -0.39 is 5.91 Å². The first-order valence-corrected chi connectivity index (χ1v) is 11.6. The minimum atomic E-state index is -0.509. The molecule has 1 N–H and O–H groups in total. The molecule has 0 aliphatic rings. The SMILES string of the molecule is Cc1cccc(COc2c(Br)cc(/C=C(/C#N)C(=O)Nc3cccc(Cl)c3C)cc2Br)c1. The molecule has 0 saturated heterocycles. The molecule has 3 aromatic carbocycles. The first-order valence-electron chi connectivity index (χ1n) is 9.64. The largest absolute Gasteiger partial charge is 0.487 e. The van der Waals surface area contributed by atoms with E-state index in [1.807, 2.05) is 31.2 Å². The van der Waals surface area contributed by atoms with E-state index in [9.17, 15) is 10.1 Å². The van der Waals surface area contributed by atoms with Crippen LogP contribution in [0.2, 0.25) is 5.02 Å². The second kappa shape index (κ2) is 10.8. The summed E-state index contributed by atoms with van der Waals surface area (Å²) in [6.07, 6.45) is 1.52. The first-order chi connectivity index (χ1) is 15.3. The van der Waals surface area contributed by atoms with Gasteiger partial charge in [0.25, 0.3) is 5.91 Å². The van der Waals surface area contributed by atoms with E-state index in [4.69, 9.17) is 16.3 Å². The highest BCUT2D eigenvalue weighted by molar-refractivity contribution is 9.11. The van der Waals surface area contributed by atoms with Gasteiger partial charge in [-0.05, 0) is 92.7 Å². The number of nitriles is 1. The lowest BCUT2D eigenvalue weighted by Crippen LogP contribution is -2.14. The Morgan fingerprint density at radius 1 is 1.12 bits per heavy atom. The fourth-order valence-electron chi connectivity index (χ4n) is 3.01. The summed E-state index contributed by atoms with van der Waals surface area (Å²) < 4.78 is 7.38. The van der Waals surface area contributed by atoms with Crippen LogP contribution in [-0.2, 0) is 11.4 Å². The van der Waals surface area contributed by atoms with E-state index >= 15 is 0 Å². The second-order valence-electron chi connectivity index (χ2n) is 7.13. The maximum atomic E-state index is 12.6. The Morgan fingerprint density at radius 2 is 1.81 bits per heavy atom. The minimum absolute atomic E-state index is 0.0309. The van der Waals surface area contributed by atoms with Gasteiger partial charge in [0, 0.05) is 10.7 Å². The minimum Gasteiger partial charge on any atom is -0.487 e. The maximum Gasteiger partial charge on any atom is 0.266 e. The van der Waals surface area contributed by atoms with E-state index in [1.54, 1.807) is 37.3 Å². The standard InChI is InChI=1S/C25H19Br2ClN2O2/c1-15-5-3-6-17(9-15)14-32-24-20(26)11-18(12-21(24)27)10-19(13-29)25(31)30-23-8-4-7-22(28)16(23)2/h3-12H,14H2,1-2H3,(H,30,31)/b19-10-. The van der Waals surface area contributed by atoms with Gasteiger partial charge in [0.1, 0.15) is 24.0 Å². The Kier molecular flexibility index (Phi) is 8.14. The van der Waals surface area contributed by atoms with Crippen LogP contribution in [0, 0.1) is 25.2 Å². The molecule has 0 radical (unpaired) electrons. The highest BCUT2D eigenvalue weighted by Gasteiger charge is 2.14. The average molecular weight is 575 g/mol. The fourth-order valence-corrected chi connectivity index (χ4v) is 4.63. The number of carbonyl (C=O) groups excluding carboxylic acids is 1. The van der Waals surface area contributed by atoms with Crippen LogP contribution in [0.5, 0.6) is 5.75 Å². The Morgan fingerprint density at radius 3 is 2.47 bits per heavy atom. The third-order valence-corrected chi connectivity index (χ3v) is 6.27. The highest BCUT2D eigenvalue weighted by Crippen LogP contribution is 2.36. The van der Waals surface area contributed by atoms with Gasteiger partial charge in [-0.1, -0.05) is 47.5 Å². The van der Waals surface area contributed by atoms with Crippen LogP contribution in [0.1, 0.15) is 22.3 Å². The monoisotopic (exact) mass is 572 g/mol. The van der Waals surface area contributed by atoms with Crippen molar-refractivity contribution in [2.45, 2.75) is 20.5 Å². The normalized spacial score (nSPS) is 11.1. The van der Waals surface area contributed by atoms with Crippen LogP contribution in [0.15, 0.2) is 69.1 Å². The molecule has 7 heteroatoms. The molecule has 3 rings (SSSR count). The first kappa shape index (κ1) is 24.1. The number of halogens is 3. The summed E-state index contributed by atoms with van der Waals surface area (Å²) in [6.45, 7) is 4.25. The van der Waals surface area contributed by atoms with Crippen molar-refractivity contribution >= 4 is 61.1 Å². The zero-order valence-electron chi connectivity index (χ0n) is 17.4. The second-order valence-corrected chi connectivity index (χ2v) is 9.24. The summed E-state index contributed by atoms with van der Waals surface area (Å²) in [5.74, 6) is 0.131. The number of nitrogens with zero attached hydrogens (tertiary/aromatic N) is 1. The summed E-state index contributed by atoms with van der Waals surface area (Å²) in [5, 5.41) is 12.8. The number of amides is 1. The Hall–Kier alpha value is -2.59. The van der Waals surface area contributed by atoms with Crippen LogP contribution in [0.25, 0.3) is 6.08 Å². The number of hydrogen-bond acceptors (Lipinski definition) is 3. The third-order valence-electron chi connectivity index (χ3n) is 4.68. The van der Waals surface area contributed by atoms with E-state index in [2.05, 4.69) is 43.2 Å². The van der Waals surface area contributed by atoms with Gasteiger partial charge in [0.15, 0.2) is 0 Å². The quantitative estimate of drug-likeness (QED) is 0.244. The zero-order valence-corrected chi connectivity index (χ0v) is 21.3. The van der Waals surface area contributed by atoms with Crippen molar-refractivity contribution in [2.24, 2.45) is 0 Å². The number of nitrogens with one attached hydrogen (secondary N) is 1. The van der Waals surface area contributed by atoms with Gasteiger partial charge in [0.2, 0.25) is 0 Å².